The number of ether oxygens (including phenoxy) is 1. The van der Waals surface area contributed by atoms with Crippen molar-refractivity contribution in [3.05, 3.63) is 34.9 Å². The van der Waals surface area contributed by atoms with E-state index in [4.69, 9.17) is 16.3 Å². The second-order valence-corrected chi connectivity index (χ2v) is 7.99. The molecule has 1 aromatic carbocycles. The molecule has 0 saturated carbocycles. The molecule has 0 bridgehead atoms. The topological polar surface area (TPSA) is 77.5 Å². The number of rotatable bonds is 5. The van der Waals surface area contributed by atoms with E-state index in [2.05, 4.69) is 0 Å². The van der Waals surface area contributed by atoms with Gasteiger partial charge >= 0.3 is 5.97 Å². The first-order valence-electron chi connectivity index (χ1n) is 6.20. The lowest BCUT2D eigenvalue weighted by Crippen LogP contribution is -2.30. The Hall–Kier alpha value is -1.40. The molecule has 1 aromatic rings. The summed E-state index contributed by atoms with van der Waals surface area (Å²) in [6, 6.07) is 6.15. The molecule has 0 aliphatic rings. The molecular formula is C14H17ClO5S. The highest BCUT2D eigenvalue weighted by molar-refractivity contribution is 7.92. The third-order valence-corrected chi connectivity index (χ3v) is 3.99. The molecule has 0 fully saturated rings. The van der Waals surface area contributed by atoms with Gasteiger partial charge in [0.1, 0.15) is 17.1 Å². The molecule has 0 spiro atoms. The van der Waals surface area contributed by atoms with Crippen molar-refractivity contribution >= 4 is 33.2 Å². The van der Waals surface area contributed by atoms with Gasteiger partial charge in [0, 0.05) is 5.56 Å². The molecule has 0 aromatic heterocycles. The average Bonchev–Trinajstić information content (AvgIpc) is 2.24. The molecule has 0 saturated heterocycles. The molecule has 5 nitrogen and oxygen atoms in total. The minimum Gasteiger partial charge on any atom is -0.459 e. The van der Waals surface area contributed by atoms with E-state index in [-0.39, 0.29) is 10.6 Å². The first-order chi connectivity index (χ1) is 9.50. The predicted molar refractivity (Wildman–Crippen MR) is 80.3 cm³/mol. The fourth-order valence-electron chi connectivity index (χ4n) is 1.57. The molecule has 0 radical (unpaired) electrons. The molecule has 0 unspecified atom stereocenters. The Morgan fingerprint density at radius 3 is 2.24 bits per heavy atom. The van der Waals surface area contributed by atoms with Crippen LogP contribution in [0.25, 0.3) is 0 Å². The summed E-state index contributed by atoms with van der Waals surface area (Å²) in [5, 5.41) is 0.176. The first-order valence-corrected chi connectivity index (χ1v) is 8.40. The average molecular weight is 333 g/mol. The Balaban J connectivity index is 2.75. The number of hydrogen-bond donors (Lipinski definition) is 0. The van der Waals surface area contributed by atoms with E-state index >= 15 is 0 Å². The molecule has 0 amide bonds. The van der Waals surface area contributed by atoms with Crippen LogP contribution in [0.4, 0.5) is 0 Å². The number of halogens is 1. The van der Waals surface area contributed by atoms with Gasteiger partial charge in [0.25, 0.3) is 0 Å². The van der Waals surface area contributed by atoms with Crippen molar-refractivity contribution in [2.45, 2.75) is 26.4 Å². The van der Waals surface area contributed by atoms with E-state index in [1.807, 2.05) is 0 Å². The number of esters is 1. The van der Waals surface area contributed by atoms with Crippen molar-refractivity contribution < 1.29 is 22.7 Å². The Kier molecular flexibility index (Phi) is 5.53. The van der Waals surface area contributed by atoms with Crippen LogP contribution < -0.4 is 0 Å². The van der Waals surface area contributed by atoms with Crippen LogP contribution in [0, 0.1) is 0 Å². The van der Waals surface area contributed by atoms with Crippen molar-refractivity contribution in [3.63, 3.8) is 0 Å². The maximum Gasteiger partial charge on any atom is 0.321 e. The summed E-state index contributed by atoms with van der Waals surface area (Å²) >= 11 is 5.83. The highest BCUT2D eigenvalue weighted by Crippen LogP contribution is 2.16. The van der Waals surface area contributed by atoms with Gasteiger partial charge in [0.05, 0.1) is 5.02 Å². The van der Waals surface area contributed by atoms with E-state index in [1.165, 1.54) is 12.1 Å². The van der Waals surface area contributed by atoms with Crippen molar-refractivity contribution in [1.82, 2.24) is 0 Å². The number of Topliss-reactive ketones (excluding diaryl/α,β-unsaturated/α-hetero) is 1. The maximum atomic E-state index is 11.9. The molecule has 0 atom stereocenters. The van der Waals surface area contributed by atoms with E-state index in [0.29, 0.717) is 0 Å². The van der Waals surface area contributed by atoms with E-state index < -0.39 is 38.7 Å². The summed E-state index contributed by atoms with van der Waals surface area (Å²) < 4.78 is 28.6. The van der Waals surface area contributed by atoms with Gasteiger partial charge in [-0.05, 0) is 32.9 Å². The number of carbonyl (C=O) groups excluding carboxylic acids is 2. The lowest BCUT2D eigenvalue weighted by atomic mass is 10.1. The number of hydrogen-bond acceptors (Lipinski definition) is 5. The Morgan fingerprint density at radius 1 is 1.14 bits per heavy atom. The van der Waals surface area contributed by atoms with E-state index in [9.17, 15) is 18.0 Å². The lowest BCUT2D eigenvalue weighted by molar-refractivity contribution is -0.151. The zero-order valence-corrected chi connectivity index (χ0v) is 13.6. The third-order valence-electron chi connectivity index (χ3n) is 2.28. The molecule has 0 N–H and O–H groups in total. The summed E-state index contributed by atoms with van der Waals surface area (Å²) in [7, 11) is -3.90. The molecule has 21 heavy (non-hydrogen) atoms. The zero-order valence-electron chi connectivity index (χ0n) is 12.1. The van der Waals surface area contributed by atoms with Gasteiger partial charge in [-0.25, -0.2) is 8.42 Å². The van der Waals surface area contributed by atoms with Crippen LogP contribution >= 0.6 is 11.6 Å². The van der Waals surface area contributed by atoms with Crippen LogP contribution in [0.1, 0.15) is 31.1 Å². The number of carbonyl (C=O) groups is 2. The van der Waals surface area contributed by atoms with Gasteiger partial charge in [0.2, 0.25) is 0 Å². The maximum absolute atomic E-state index is 11.9. The molecular weight excluding hydrogens is 316 g/mol. The standard InChI is InChI=1S/C14H17ClO5S/c1-14(2,3)20-13(17)9-21(18,19)8-12(16)10-6-4-5-7-11(10)15/h4-7H,8-9H2,1-3H3. The summed E-state index contributed by atoms with van der Waals surface area (Å²) in [5.41, 5.74) is -0.661. The summed E-state index contributed by atoms with van der Waals surface area (Å²) in [4.78, 5) is 23.5. The van der Waals surface area contributed by atoms with Crippen LogP contribution in [0.5, 0.6) is 0 Å². The van der Waals surface area contributed by atoms with Crippen molar-refractivity contribution in [3.8, 4) is 0 Å². The quantitative estimate of drug-likeness (QED) is 0.610. The van der Waals surface area contributed by atoms with Gasteiger partial charge in [-0.15, -0.1) is 0 Å². The predicted octanol–water partition coefficient (Wildman–Crippen LogP) is 2.28. The van der Waals surface area contributed by atoms with Crippen LogP contribution in [0.15, 0.2) is 24.3 Å². The zero-order chi connectivity index (χ0) is 16.3. The third kappa shape index (κ3) is 6.27. The fourth-order valence-corrected chi connectivity index (χ4v) is 2.88. The summed E-state index contributed by atoms with van der Waals surface area (Å²) in [6.45, 7) is 4.89. The second kappa shape index (κ2) is 6.58. The number of ketones is 1. The van der Waals surface area contributed by atoms with Crippen molar-refractivity contribution in [1.29, 1.82) is 0 Å². The lowest BCUT2D eigenvalue weighted by Gasteiger charge is -2.19. The van der Waals surface area contributed by atoms with Crippen LogP contribution in [-0.4, -0.2) is 37.3 Å². The highest BCUT2D eigenvalue weighted by atomic mass is 35.5. The number of benzene rings is 1. The summed E-state index contributed by atoms with van der Waals surface area (Å²) in [6.07, 6.45) is 0. The minimum atomic E-state index is -3.90. The van der Waals surface area contributed by atoms with Gasteiger partial charge in [-0.2, -0.15) is 0 Å². The van der Waals surface area contributed by atoms with Gasteiger partial charge < -0.3 is 4.74 Å². The van der Waals surface area contributed by atoms with Gasteiger partial charge in [-0.3, -0.25) is 9.59 Å². The normalized spacial score (nSPS) is 12.0. The molecule has 1 rings (SSSR count). The van der Waals surface area contributed by atoms with Gasteiger partial charge in [-0.1, -0.05) is 23.7 Å². The van der Waals surface area contributed by atoms with E-state index in [0.717, 1.165) is 0 Å². The smallest absolute Gasteiger partial charge is 0.321 e. The van der Waals surface area contributed by atoms with Crippen molar-refractivity contribution in [2.75, 3.05) is 11.5 Å². The SMILES string of the molecule is CC(C)(C)OC(=O)CS(=O)(=O)CC(=O)c1ccccc1Cl. The monoisotopic (exact) mass is 332 g/mol. The minimum absolute atomic E-state index is 0.118. The largest absolute Gasteiger partial charge is 0.459 e. The fraction of sp³-hybridized carbons (Fsp3) is 0.429. The van der Waals surface area contributed by atoms with Crippen molar-refractivity contribution in [2.24, 2.45) is 0 Å². The molecule has 0 heterocycles. The Morgan fingerprint density at radius 2 is 1.71 bits per heavy atom. The van der Waals surface area contributed by atoms with Gasteiger partial charge in [0.15, 0.2) is 15.6 Å². The summed E-state index contributed by atoms with van der Waals surface area (Å²) in [5.74, 6) is -3.14. The van der Waals surface area contributed by atoms with Crippen LogP contribution in [-0.2, 0) is 19.4 Å². The Labute approximate surface area is 129 Å². The molecule has 0 aliphatic heterocycles. The molecule has 7 heteroatoms. The number of sulfone groups is 1. The van der Waals surface area contributed by atoms with Crippen LogP contribution in [0.3, 0.4) is 0 Å². The highest BCUT2D eigenvalue weighted by Gasteiger charge is 2.26. The molecule has 116 valence electrons. The Bertz CT molecular complexity index is 644. The van der Waals surface area contributed by atoms with E-state index in [1.54, 1.807) is 32.9 Å². The second-order valence-electron chi connectivity index (χ2n) is 5.52. The first kappa shape index (κ1) is 17.7. The molecule has 0 aliphatic carbocycles. The van der Waals surface area contributed by atoms with Crippen LogP contribution in [0.2, 0.25) is 5.02 Å².